The minimum Gasteiger partial charge on any atom is -0.374 e. The molecule has 1 aromatic rings. The summed E-state index contributed by atoms with van der Waals surface area (Å²) < 4.78 is 13.4. The van der Waals surface area contributed by atoms with Crippen LogP contribution in [-0.4, -0.2) is 25.3 Å². The van der Waals surface area contributed by atoms with Gasteiger partial charge < -0.3 is 15.4 Å². The Morgan fingerprint density at radius 2 is 2.22 bits per heavy atom. The summed E-state index contributed by atoms with van der Waals surface area (Å²) in [5, 5.41) is 5.43. The number of benzene rings is 1. The van der Waals surface area contributed by atoms with Crippen molar-refractivity contribution in [2.75, 3.05) is 12.4 Å². The lowest BCUT2D eigenvalue weighted by Crippen LogP contribution is -2.37. The Labute approximate surface area is 106 Å². The molecule has 0 bridgehead atoms. The van der Waals surface area contributed by atoms with Gasteiger partial charge in [0.05, 0.1) is 0 Å². The zero-order chi connectivity index (χ0) is 13.5. The molecule has 0 radical (unpaired) electrons. The van der Waals surface area contributed by atoms with E-state index in [1.165, 1.54) is 13.1 Å². The van der Waals surface area contributed by atoms with Crippen molar-refractivity contribution in [1.29, 1.82) is 0 Å². The van der Waals surface area contributed by atoms with E-state index >= 15 is 0 Å². The third-order valence-electron chi connectivity index (χ3n) is 2.65. The van der Waals surface area contributed by atoms with Crippen molar-refractivity contribution in [1.82, 2.24) is 5.32 Å². The highest BCUT2D eigenvalue weighted by molar-refractivity contribution is 5.84. The minimum atomic E-state index is -0.540. The van der Waals surface area contributed by atoms with Crippen molar-refractivity contribution in [3.63, 3.8) is 0 Å². The third kappa shape index (κ3) is 3.84. The van der Waals surface area contributed by atoms with E-state index in [2.05, 4.69) is 10.6 Å². The zero-order valence-electron chi connectivity index (χ0n) is 10.5. The first-order chi connectivity index (χ1) is 8.58. The third-order valence-corrected chi connectivity index (χ3v) is 2.65. The summed E-state index contributed by atoms with van der Waals surface area (Å²) in [6, 6.07) is 4.14. The molecule has 0 fully saturated rings. The van der Waals surface area contributed by atoms with Gasteiger partial charge in [-0.3, -0.25) is 4.79 Å². The summed E-state index contributed by atoms with van der Waals surface area (Å²) in [5.74, 6) is -0.552. The van der Waals surface area contributed by atoms with Crippen LogP contribution < -0.4 is 10.6 Å². The van der Waals surface area contributed by atoms with Gasteiger partial charge in [-0.2, -0.15) is 0 Å². The van der Waals surface area contributed by atoms with Crippen LogP contribution in [0.1, 0.15) is 18.4 Å². The van der Waals surface area contributed by atoms with Crippen LogP contribution in [0.15, 0.2) is 18.2 Å². The Morgan fingerprint density at radius 1 is 1.50 bits per heavy atom. The van der Waals surface area contributed by atoms with Crippen LogP contribution in [0.3, 0.4) is 0 Å². The number of amides is 1. The first-order valence-corrected chi connectivity index (χ1v) is 5.76. The van der Waals surface area contributed by atoms with Crippen LogP contribution in [0.4, 0.5) is 10.1 Å². The van der Waals surface area contributed by atoms with E-state index in [0.29, 0.717) is 17.7 Å². The van der Waals surface area contributed by atoms with Gasteiger partial charge in [0.1, 0.15) is 18.1 Å². The summed E-state index contributed by atoms with van der Waals surface area (Å²) in [7, 11) is 1.52. The second-order valence-corrected chi connectivity index (χ2v) is 4.02. The van der Waals surface area contributed by atoms with Crippen LogP contribution >= 0.6 is 0 Å². The van der Waals surface area contributed by atoms with Crippen LogP contribution in [0, 0.1) is 12.7 Å². The fraction of sp³-hybridized carbons (Fsp3) is 0.385. The quantitative estimate of drug-likeness (QED) is 0.757. The van der Waals surface area contributed by atoms with E-state index in [0.717, 1.165) is 6.29 Å². The molecule has 1 atom stereocenters. The summed E-state index contributed by atoms with van der Waals surface area (Å²) in [6.45, 7) is 1.67. The lowest BCUT2D eigenvalue weighted by Gasteiger charge is -2.17. The highest BCUT2D eigenvalue weighted by atomic mass is 19.1. The Morgan fingerprint density at radius 3 is 2.78 bits per heavy atom. The number of anilines is 1. The van der Waals surface area contributed by atoms with Crippen LogP contribution in [0.2, 0.25) is 0 Å². The first-order valence-electron chi connectivity index (χ1n) is 5.76. The number of halogens is 1. The lowest BCUT2D eigenvalue weighted by molar-refractivity contribution is -0.121. The second-order valence-electron chi connectivity index (χ2n) is 4.02. The maximum Gasteiger partial charge on any atom is 0.242 e. The number of nitrogens with one attached hydrogen (secondary N) is 2. The molecule has 0 aliphatic carbocycles. The Hall–Kier alpha value is -1.91. The molecule has 2 N–H and O–H groups in total. The van der Waals surface area contributed by atoms with Gasteiger partial charge in [-0.05, 0) is 31.0 Å². The Kier molecular flexibility index (Phi) is 5.30. The van der Waals surface area contributed by atoms with E-state index in [9.17, 15) is 14.0 Å². The number of aryl methyl sites for hydroxylation is 1. The van der Waals surface area contributed by atoms with Crippen molar-refractivity contribution >= 4 is 17.9 Å². The highest BCUT2D eigenvalue weighted by Gasteiger charge is 2.16. The van der Waals surface area contributed by atoms with Gasteiger partial charge in [0.15, 0.2) is 0 Å². The number of rotatable bonds is 6. The van der Waals surface area contributed by atoms with Gasteiger partial charge in [-0.15, -0.1) is 0 Å². The van der Waals surface area contributed by atoms with E-state index in [-0.39, 0.29) is 18.1 Å². The van der Waals surface area contributed by atoms with Crippen molar-refractivity contribution in [2.24, 2.45) is 0 Å². The SMILES string of the molecule is CNC(=O)C(CCC=O)Nc1ccc(C)c(F)c1. The molecule has 1 amide bonds. The molecule has 1 aromatic carbocycles. The average Bonchev–Trinajstić information content (AvgIpc) is 2.37. The standard InChI is InChI=1S/C13H17FN2O2/c1-9-5-6-10(8-11(9)14)16-12(4-3-7-17)13(18)15-2/h5-8,12,16H,3-4H2,1-2H3,(H,15,18). The van der Waals surface area contributed by atoms with Gasteiger partial charge >= 0.3 is 0 Å². The average molecular weight is 252 g/mol. The molecule has 5 heteroatoms. The maximum atomic E-state index is 13.4. The number of carbonyl (C=O) groups is 2. The molecular weight excluding hydrogens is 235 g/mol. The smallest absolute Gasteiger partial charge is 0.242 e. The fourth-order valence-electron chi connectivity index (χ4n) is 1.56. The molecule has 0 spiro atoms. The monoisotopic (exact) mass is 252 g/mol. The van der Waals surface area contributed by atoms with Crippen LogP contribution in [0.25, 0.3) is 0 Å². The molecule has 0 saturated heterocycles. The lowest BCUT2D eigenvalue weighted by atomic mass is 10.1. The molecule has 0 aromatic heterocycles. The predicted molar refractivity (Wildman–Crippen MR) is 67.9 cm³/mol. The molecule has 18 heavy (non-hydrogen) atoms. The molecule has 4 nitrogen and oxygen atoms in total. The maximum absolute atomic E-state index is 13.4. The van der Waals surface area contributed by atoms with Crippen molar-refractivity contribution in [3.8, 4) is 0 Å². The number of carbonyl (C=O) groups excluding carboxylic acids is 2. The molecule has 0 heterocycles. The predicted octanol–water partition coefficient (Wildman–Crippen LogP) is 1.64. The number of likely N-dealkylation sites (N-methyl/N-ethyl adjacent to an activating group) is 1. The van der Waals surface area contributed by atoms with E-state index < -0.39 is 6.04 Å². The molecule has 0 aliphatic heterocycles. The van der Waals surface area contributed by atoms with Crippen molar-refractivity contribution in [3.05, 3.63) is 29.6 Å². The fourth-order valence-corrected chi connectivity index (χ4v) is 1.56. The Bertz CT molecular complexity index is 435. The second kappa shape index (κ2) is 6.74. The number of hydrogen-bond acceptors (Lipinski definition) is 3. The summed E-state index contributed by atoms with van der Waals surface area (Å²) in [5.41, 5.74) is 1.07. The summed E-state index contributed by atoms with van der Waals surface area (Å²) in [4.78, 5) is 21.9. The van der Waals surface area contributed by atoms with Gasteiger partial charge in [0.25, 0.3) is 0 Å². The zero-order valence-corrected chi connectivity index (χ0v) is 10.5. The molecule has 98 valence electrons. The van der Waals surface area contributed by atoms with Gasteiger partial charge in [-0.25, -0.2) is 4.39 Å². The normalized spacial score (nSPS) is 11.7. The van der Waals surface area contributed by atoms with Crippen LogP contribution in [0.5, 0.6) is 0 Å². The van der Waals surface area contributed by atoms with Crippen molar-refractivity contribution in [2.45, 2.75) is 25.8 Å². The topological polar surface area (TPSA) is 58.2 Å². The van der Waals surface area contributed by atoms with Crippen molar-refractivity contribution < 1.29 is 14.0 Å². The highest BCUT2D eigenvalue weighted by Crippen LogP contribution is 2.15. The van der Waals surface area contributed by atoms with Gasteiger partial charge in [-0.1, -0.05) is 6.07 Å². The molecule has 0 saturated carbocycles. The summed E-state index contributed by atoms with van der Waals surface area (Å²) in [6.07, 6.45) is 1.41. The van der Waals surface area contributed by atoms with Gasteiger partial charge in [0.2, 0.25) is 5.91 Å². The summed E-state index contributed by atoms with van der Waals surface area (Å²) >= 11 is 0. The van der Waals surface area contributed by atoms with E-state index in [1.807, 2.05) is 0 Å². The first kappa shape index (κ1) is 14.2. The number of aldehydes is 1. The molecule has 1 unspecified atom stereocenters. The molecule has 1 rings (SSSR count). The Balaban J connectivity index is 2.78. The van der Waals surface area contributed by atoms with E-state index in [1.54, 1.807) is 19.1 Å². The minimum absolute atomic E-state index is 0.224. The largest absolute Gasteiger partial charge is 0.374 e. The van der Waals surface area contributed by atoms with Crippen LogP contribution in [-0.2, 0) is 9.59 Å². The van der Waals surface area contributed by atoms with E-state index in [4.69, 9.17) is 0 Å². The molecular formula is C13H17FN2O2. The van der Waals surface area contributed by atoms with Gasteiger partial charge in [0, 0.05) is 19.2 Å². The number of hydrogen-bond donors (Lipinski definition) is 2. The molecule has 0 aliphatic rings.